The fraction of sp³-hybridized carbons (Fsp3) is 0.615. The zero-order valence-corrected chi connectivity index (χ0v) is 10.8. The average molecular weight is 256 g/mol. The van der Waals surface area contributed by atoms with E-state index in [0.29, 0.717) is 11.4 Å². The molecule has 1 saturated carbocycles. The summed E-state index contributed by atoms with van der Waals surface area (Å²) in [6.45, 7) is 0. The van der Waals surface area contributed by atoms with E-state index in [1.54, 1.807) is 19.5 Å². The average Bonchev–Trinajstić information content (AvgIpc) is 2.32. The van der Waals surface area contributed by atoms with Gasteiger partial charge in [0.2, 0.25) is 0 Å². The lowest BCUT2D eigenvalue weighted by molar-refractivity contribution is -0.116. The van der Waals surface area contributed by atoms with Crippen molar-refractivity contribution in [2.45, 2.75) is 43.8 Å². The Balaban J connectivity index is 2.18. The quantitative estimate of drug-likeness (QED) is 0.903. The van der Waals surface area contributed by atoms with Crippen LogP contribution < -0.4 is 0 Å². The Hall–Kier alpha value is -0.640. The van der Waals surface area contributed by atoms with E-state index in [-0.39, 0.29) is 6.10 Å². The van der Waals surface area contributed by atoms with Crippen molar-refractivity contribution < 1.29 is 9.84 Å². The lowest BCUT2D eigenvalue weighted by Gasteiger charge is -2.39. The van der Waals surface area contributed by atoms with Crippen LogP contribution in [0, 0.1) is 0 Å². The van der Waals surface area contributed by atoms with E-state index in [0.717, 1.165) is 31.2 Å². The largest absolute Gasteiger partial charge is 0.387 e. The van der Waals surface area contributed by atoms with E-state index in [9.17, 15) is 5.11 Å². The van der Waals surface area contributed by atoms with Crippen molar-refractivity contribution >= 4 is 11.6 Å². The third kappa shape index (κ3) is 2.79. The van der Waals surface area contributed by atoms with E-state index in [4.69, 9.17) is 16.3 Å². The second-order valence-corrected chi connectivity index (χ2v) is 5.12. The molecular weight excluding hydrogens is 238 g/mol. The van der Waals surface area contributed by atoms with Gasteiger partial charge in [-0.05, 0) is 24.5 Å². The molecule has 1 aromatic rings. The maximum atomic E-state index is 10.7. The third-order valence-corrected chi connectivity index (χ3v) is 3.90. The molecule has 0 spiro atoms. The van der Waals surface area contributed by atoms with Crippen LogP contribution >= 0.6 is 11.6 Å². The minimum Gasteiger partial charge on any atom is -0.387 e. The first-order valence-corrected chi connectivity index (χ1v) is 6.37. The van der Waals surface area contributed by atoms with E-state index in [1.807, 2.05) is 6.07 Å². The highest BCUT2D eigenvalue weighted by molar-refractivity contribution is 6.31. The molecule has 1 aromatic heterocycles. The minimum atomic E-state index is -0.794. The molecule has 0 saturated heterocycles. The standard InChI is InChI=1S/C13H18ClNO2/c1-17-12-4-2-3-6-13(12,16)8-10-5-7-15-9-11(10)14/h5,7,9,12,16H,2-4,6,8H2,1H3. The summed E-state index contributed by atoms with van der Waals surface area (Å²) in [5.74, 6) is 0. The van der Waals surface area contributed by atoms with Gasteiger partial charge in [0.15, 0.2) is 0 Å². The molecule has 0 amide bonds. The molecule has 17 heavy (non-hydrogen) atoms. The van der Waals surface area contributed by atoms with E-state index in [1.165, 1.54) is 0 Å². The third-order valence-electron chi connectivity index (χ3n) is 3.56. The number of rotatable bonds is 3. The van der Waals surface area contributed by atoms with E-state index in [2.05, 4.69) is 4.98 Å². The van der Waals surface area contributed by atoms with Crippen molar-refractivity contribution in [2.24, 2.45) is 0 Å². The molecule has 2 atom stereocenters. The van der Waals surface area contributed by atoms with Crippen LogP contribution in [0.4, 0.5) is 0 Å². The van der Waals surface area contributed by atoms with Crippen molar-refractivity contribution in [1.82, 2.24) is 4.98 Å². The zero-order valence-electron chi connectivity index (χ0n) is 10.0. The molecule has 0 bridgehead atoms. The first-order chi connectivity index (χ1) is 8.15. The van der Waals surface area contributed by atoms with Gasteiger partial charge in [-0.25, -0.2) is 0 Å². The number of hydrogen-bond donors (Lipinski definition) is 1. The molecule has 0 aliphatic heterocycles. The molecule has 1 fully saturated rings. The first-order valence-electron chi connectivity index (χ1n) is 5.99. The second kappa shape index (κ2) is 5.34. The Labute approximate surface area is 107 Å². The van der Waals surface area contributed by atoms with Crippen LogP contribution in [0.25, 0.3) is 0 Å². The number of pyridine rings is 1. The maximum absolute atomic E-state index is 10.7. The van der Waals surface area contributed by atoms with Crippen LogP contribution in [0.15, 0.2) is 18.5 Å². The van der Waals surface area contributed by atoms with Crippen LogP contribution in [0.5, 0.6) is 0 Å². The van der Waals surface area contributed by atoms with Gasteiger partial charge in [-0.2, -0.15) is 0 Å². The van der Waals surface area contributed by atoms with Gasteiger partial charge in [-0.1, -0.05) is 24.4 Å². The fourth-order valence-corrected chi connectivity index (χ4v) is 2.79. The molecule has 4 heteroatoms. The van der Waals surface area contributed by atoms with Gasteiger partial charge in [-0.3, -0.25) is 4.98 Å². The molecule has 94 valence electrons. The lowest BCUT2D eigenvalue weighted by Crippen LogP contribution is -2.47. The molecule has 1 heterocycles. The van der Waals surface area contributed by atoms with Gasteiger partial charge in [0.1, 0.15) is 0 Å². The Bertz CT molecular complexity index is 385. The van der Waals surface area contributed by atoms with Crippen LogP contribution in [-0.2, 0) is 11.2 Å². The van der Waals surface area contributed by atoms with Gasteiger partial charge < -0.3 is 9.84 Å². The van der Waals surface area contributed by atoms with Crippen molar-refractivity contribution in [3.05, 3.63) is 29.0 Å². The second-order valence-electron chi connectivity index (χ2n) is 4.72. The molecule has 1 aliphatic rings. The minimum absolute atomic E-state index is 0.0968. The fourth-order valence-electron chi connectivity index (χ4n) is 2.61. The summed E-state index contributed by atoms with van der Waals surface area (Å²) < 4.78 is 5.41. The highest BCUT2D eigenvalue weighted by Crippen LogP contribution is 2.34. The monoisotopic (exact) mass is 255 g/mol. The number of aromatic nitrogens is 1. The molecule has 0 radical (unpaired) electrons. The summed E-state index contributed by atoms with van der Waals surface area (Å²) in [6.07, 6.45) is 7.59. The SMILES string of the molecule is COC1CCCCC1(O)Cc1ccncc1Cl. The van der Waals surface area contributed by atoms with Crippen molar-refractivity contribution in [1.29, 1.82) is 0 Å². The maximum Gasteiger partial charge on any atom is 0.0948 e. The van der Waals surface area contributed by atoms with Gasteiger partial charge in [-0.15, -0.1) is 0 Å². The number of hydrogen-bond acceptors (Lipinski definition) is 3. The lowest BCUT2D eigenvalue weighted by atomic mass is 9.78. The van der Waals surface area contributed by atoms with Crippen LogP contribution in [0.2, 0.25) is 5.02 Å². The smallest absolute Gasteiger partial charge is 0.0948 e. The van der Waals surface area contributed by atoms with Gasteiger partial charge in [0.25, 0.3) is 0 Å². The number of nitrogens with zero attached hydrogens (tertiary/aromatic N) is 1. The van der Waals surface area contributed by atoms with Crippen LogP contribution in [0.3, 0.4) is 0 Å². The van der Waals surface area contributed by atoms with Crippen molar-refractivity contribution in [3.8, 4) is 0 Å². The molecule has 2 unspecified atom stereocenters. The first kappa shape index (κ1) is 12.8. The predicted molar refractivity (Wildman–Crippen MR) is 67.2 cm³/mol. The molecule has 2 rings (SSSR count). The Morgan fingerprint density at radius 2 is 2.41 bits per heavy atom. The molecule has 1 N–H and O–H groups in total. The van der Waals surface area contributed by atoms with E-state index >= 15 is 0 Å². The molecule has 3 nitrogen and oxygen atoms in total. The predicted octanol–water partition coefficient (Wildman–Crippen LogP) is 2.60. The molecular formula is C13H18ClNO2. The Kier molecular flexibility index (Phi) is 4.02. The van der Waals surface area contributed by atoms with Gasteiger partial charge >= 0.3 is 0 Å². The highest BCUT2D eigenvalue weighted by Gasteiger charge is 2.39. The Morgan fingerprint density at radius 3 is 3.12 bits per heavy atom. The van der Waals surface area contributed by atoms with Gasteiger partial charge in [0.05, 0.1) is 16.7 Å². The van der Waals surface area contributed by atoms with Crippen molar-refractivity contribution in [2.75, 3.05) is 7.11 Å². The summed E-state index contributed by atoms with van der Waals surface area (Å²) in [7, 11) is 1.66. The van der Waals surface area contributed by atoms with Crippen molar-refractivity contribution in [3.63, 3.8) is 0 Å². The Morgan fingerprint density at radius 1 is 1.59 bits per heavy atom. The molecule has 1 aliphatic carbocycles. The summed E-state index contributed by atoms with van der Waals surface area (Å²) in [5.41, 5.74) is 0.144. The van der Waals surface area contributed by atoms with Crippen LogP contribution in [0.1, 0.15) is 31.2 Å². The molecule has 0 aromatic carbocycles. The van der Waals surface area contributed by atoms with E-state index < -0.39 is 5.60 Å². The number of halogens is 1. The normalized spacial score (nSPS) is 29.2. The topological polar surface area (TPSA) is 42.4 Å². The number of aliphatic hydroxyl groups is 1. The highest BCUT2D eigenvalue weighted by atomic mass is 35.5. The zero-order chi connectivity index (χ0) is 12.3. The van der Waals surface area contributed by atoms with Gasteiger partial charge in [0, 0.05) is 25.9 Å². The summed E-state index contributed by atoms with van der Waals surface area (Å²) in [5, 5.41) is 11.3. The summed E-state index contributed by atoms with van der Waals surface area (Å²) >= 11 is 6.08. The summed E-state index contributed by atoms with van der Waals surface area (Å²) in [6, 6.07) is 1.86. The summed E-state index contributed by atoms with van der Waals surface area (Å²) in [4.78, 5) is 3.96. The number of ether oxygens (including phenoxy) is 1. The van der Waals surface area contributed by atoms with Crippen LogP contribution in [-0.4, -0.2) is 28.9 Å². The number of methoxy groups -OCH3 is 1.